The van der Waals surface area contributed by atoms with E-state index in [4.69, 9.17) is 19.7 Å². The second-order valence-corrected chi connectivity index (χ2v) is 10.2. The van der Waals surface area contributed by atoms with Gasteiger partial charge >= 0.3 is 5.97 Å². The second-order valence-electron chi connectivity index (χ2n) is 10.2. The zero-order chi connectivity index (χ0) is 27.3. The SMILES string of the molecule is CCC1=C(C)C2=NC1=CC1=C(C)/C(=C\O)C(=N1)C(C(=O)OC)=C1CC(C)C(=CC3=NC(=C2)C(CC)=C3C)N1. The van der Waals surface area contributed by atoms with E-state index >= 15 is 0 Å². The lowest BCUT2D eigenvalue weighted by Crippen LogP contribution is -2.21. The third-order valence-corrected chi connectivity index (χ3v) is 7.99. The molecule has 38 heavy (non-hydrogen) atoms. The molecule has 8 bridgehead atoms. The van der Waals surface area contributed by atoms with Crippen molar-refractivity contribution in [3.8, 4) is 0 Å². The van der Waals surface area contributed by atoms with Gasteiger partial charge in [0.1, 0.15) is 5.57 Å². The maximum Gasteiger partial charge on any atom is 0.341 e. The number of allylic oxidation sites excluding steroid dienone is 11. The van der Waals surface area contributed by atoms with Gasteiger partial charge in [0.05, 0.1) is 47.6 Å². The van der Waals surface area contributed by atoms with Crippen molar-refractivity contribution in [3.05, 3.63) is 92.0 Å². The number of nitrogens with zero attached hydrogens (tertiary/aromatic N) is 3. The molecule has 7 heteroatoms. The second kappa shape index (κ2) is 9.71. The van der Waals surface area contributed by atoms with Gasteiger partial charge in [0.15, 0.2) is 0 Å². The Kier molecular flexibility index (Phi) is 6.55. The number of aliphatic hydroxyl groups excluding tert-OH is 1. The van der Waals surface area contributed by atoms with Crippen molar-refractivity contribution in [1.82, 2.24) is 5.32 Å². The maximum atomic E-state index is 13.2. The van der Waals surface area contributed by atoms with Crippen LogP contribution in [0, 0.1) is 5.92 Å². The number of fused-ring (bicyclic) bond motifs is 5. The number of hydrogen-bond donors (Lipinski definition) is 2. The van der Waals surface area contributed by atoms with Crippen molar-refractivity contribution in [3.63, 3.8) is 0 Å². The molecule has 196 valence electrons. The van der Waals surface area contributed by atoms with Crippen LogP contribution in [0.2, 0.25) is 0 Å². The Bertz CT molecular complexity index is 1510. The highest BCUT2D eigenvalue weighted by molar-refractivity contribution is 6.30. The number of esters is 1. The van der Waals surface area contributed by atoms with Crippen molar-refractivity contribution < 1.29 is 14.6 Å². The Labute approximate surface area is 223 Å². The van der Waals surface area contributed by atoms with Crippen LogP contribution in [0.3, 0.4) is 0 Å². The van der Waals surface area contributed by atoms with Crippen molar-refractivity contribution in [2.24, 2.45) is 20.9 Å². The van der Waals surface area contributed by atoms with Gasteiger partial charge < -0.3 is 15.2 Å². The highest BCUT2D eigenvalue weighted by Gasteiger charge is 2.35. The fourth-order valence-electron chi connectivity index (χ4n) is 5.72. The third-order valence-electron chi connectivity index (χ3n) is 7.99. The van der Waals surface area contributed by atoms with E-state index in [1.807, 2.05) is 13.0 Å². The predicted molar refractivity (Wildman–Crippen MR) is 152 cm³/mol. The zero-order valence-electron chi connectivity index (χ0n) is 23.1. The molecule has 1 unspecified atom stereocenters. The van der Waals surface area contributed by atoms with Gasteiger partial charge in [-0.05, 0) is 86.1 Å². The quantitative estimate of drug-likeness (QED) is 0.347. The molecule has 2 N–H and O–H groups in total. The number of aliphatic hydroxyl groups is 1. The molecule has 0 spiro atoms. The molecule has 0 aromatic heterocycles. The van der Waals surface area contributed by atoms with Crippen LogP contribution >= 0.6 is 0 Å². The summed E-state index contributed by atoms with van der Waals surface area (Å²) in [5.41, 5.74) is 12.6. The average Bonchev–Trinajstić information content (AvgIpc) is 3.58. The van der Waals surface area contributed by atoms with E-state index in [0.717, 1.165) is 75.6 Å². The van der Waals surface area contributed by atoms with Crippen molar-refractivity contribution in [2.75, 3.05) is 7.11 Å². The topological polar surface area (TPSA) is 95.6 Å². The third kappa shape index (κ3) is 3.97. The normalized spacial score (nSPS) is 24.0. The largest absolute Gasteiger partial charge is 0.515 e. The molecule has 1 atom stereocenters. The smallest absolute Gasteiger partial charge is 0.341 e. The van der Waals surface area contributed by atoms with Crippen molar-refractivity contribution >= 4 is 23.1 Å². The fraction of sp³-hybridized carbons (Fsp3) is 0.355. The lowest BCUT2D eigenvalue weighted by atomic mass is 9.95. The van der Waals surface area contributed by atoms with E-state index in [1.54, 1.807) is 0 Å². The van der Waals surface area contributed by atoms with Crippen LogP contribution in [0.25, 0.3) is 0 Å². The summed E-state index contributed by atoms with van der Waals surface area (Å²) in [6.07, 6.45) is 9.45. The lowest BCUT2D eigenvalue weighted by molar-refractivity contribution is -0.135. The summed E-state index contributed by atoms with van der Waals surface area (Å²) in [4.78, 5) is 28.1. The monoisotopic (exact) mass is 510 g/mol. The van der Waals surface area contributed by atoms with E-state index in [0.29, 0.717) is 29.0 Å². The number of nitrogens with one attached hydrogen (secondary N) is 1. The minimum atomic E-state index is -0.499. The van der Waals surface area contributed by atoms with Gasteiger partial charge in [-0.1, -0.05) is 20.8 Å². The summed E-state index contributed by atoms with van der Waals surface area (Å²) in [6.45, 7) is 12.5. The summed E-state index contributed by atoms with van der Waals surface area (Å²) >= 11 is 0. The van der Waals surface area contributed by atoms with Crippen LogP contribution in [0.4, 0.5) is 0 Å². The van der Waals surface area contributed by atoms with Gasteiger partial charge in [-0.2, -0.15) is 0 Å². The summed E-state index contributed by atoms with van der Waals surface area (Å²) in [5.74, 6) is -0.369. The Balaban J connectivity index is 1.83. The number of carbonyl (C=O) groups is 1. The Morgan fingerprint density at radius 2 is 1.61 bits per heavy atom. The Hall–Kier alpha value is -4.00. The van der Waals surface area contributed by atoms with Crippen molar-refractivity contribution in [1.29, 1.82) is 0 Å². The molecule has 1 fully saturated rings. The molecular weight excluding hydrogens is 476 g/mol. The van der Waals surface area contributed by atoms with Crippen LogP contribution in [-0.4, -0.2) is 35.3 Å². The molecule has 5 heterocycles. The van der Waals surface area contributed by atoms with Gasteiger partial charge in [-0.3, -0.25) is 0 Å². The van der Waals surface area contributed by atoms with Gasteiger partial charge in [0, 0.05) is 22.9 Å². The first-order valence-electron chi connectivity index (χ1n) is 13.2. The summed E-state index contributed by atoms with van der Waals surface area (Å²) in [7, 11) is 1.36. The van der Waals surface area contributed by atoms with E-state index in [1.165, 1.54) is 12.7 Å². The molecule has 5 aliphatic heterocycles. The van der Waals surface area contributed by atoms with E-state index in [-0.39, 0.29) is 5.92 Å². The molecule has 0 radical (unpaired) electrons. The van der Waals surface area contributed by atoms with E-state index < -0.39 is 5.97 Å². The molecule has 0 aliphatic carbocycles. The molecule has 5 aliphatic rings. The van der Waals surface area contributed by atoms with E-state index in [9.17, 15) is 9.90 Å². The molecule has 5 rings (SSSR count). The first-order chi connectivity index (χ1) is 18.2. The highest BCUT2D eigenvalue weighted by Crippen LogP contribution is 2.39. The lowest BCUT2D eigenvalue weighted by Gasteiger charge is -2.12. The summed E-state index contributed by atoms with van der Waals surface area (Å²) in [5, 5.41) is 13.7. The predicted octanol–water partition coefficient (Wildman–Crippen LogP) is 6.24. The number of hydrogen-bond acceptors (Lipinski definition) is 7. The van der Waals surface area contributed by atoms with Gasteiger partial charge in [-0.15, -0.1) is 0 Å². The summed E-state index contributed by atoms with van der Waals surface area (Å²) < 4.78 is 5.20. The molecule has 0 aromatic rings. The van der Waals surface area contributed by atoms with Gasteiger partial charge in [0.2, 0.25) is 0 Å². The molecular formula is C31H34N4O3. The Morgan fingerprint density at radius 3 is 2.18 bits per heavy atom. The minimum absolute atomic E-state index is 0.130. The minimum Gasteiger partial charge on any atom is -0.515 e. The number of ether oxygens (including phenoxy) is 1. The number of methoxy groups -OCH3 is 1. The maximum absolute atomic E-state index is 13.2. The van der Waals surface area contributed by atoms with Crippen molar-refractivity contribution in [2.45, 2.75) is 60.8 Å². The molecule has 7 nitrogen and oxygen atoms in total. The average molecular weight is 511 g/mol. The Morgan fingerprint density at radius 1 is 1.00 bits per heavy atom. The van der Waals surface area contributed by atoms with Crippen LogP contribution in [0.1, 0.15) is 60.8 Å². The van der Waals surface area contributed by atoms with Crippen LogP contribution < -0.4 is 5.32 Å². The molecule has 0 amide bonds. The first-order valence-corrected chi connectivity index (χ1v) is 13.2. The zero-order valence-corrected chi connectivity index (χ0v) is 23.1. The number of carbonyl (C=O) groups excluding carboxylic acids is 1. The standard InChI is InChI=1S/C31H34N4O3/c1-8-19-16(4)23-11-22-15(3)10-28(32-22)29(31(37)38-7)30-21(14-36)18(6)25(35-30)13-27-20(9-2)17(5)24(34-27)12-26(19)33-23/h11-15,32,36H,8-10H2,1-7H3/b21-14+,22-11?,26-12?,27-13?,29-28?. The first kappa shape index (κ1) is 25.6. The number of aliphatic imine (C=N–C) groups is 3. The highest BCUT2D eigenvalue weighted by atomic mass is 16.5. The number of rotatable bonds is 3. The van der Waals surface area contributed by atoms with Crippen LogP contribution in [-0.2, 0) is 9.53 Å². The van der Waals surface area contributed by atoms with Crippen LogP contribution in [0.15, 0.2) is 107 Å². The fourth-order valence-corrected chi connectivity index (χ4v) is 5.72. The molecule has 0 aromatic carbocycles. The van der Waals surface area contributed by atoms with Crippen LogP contribution in [0.5, 0.6) is 0 Å². The van der Waals surface area contributed by atoms with Gasteiger partial charge in [0.25, 0.3) is 0 Å². The van der Waals surface area contributed by atoms with E-state index in [2.05, 4.69) is 52.1 Å². The summed E-state index contributed by atoms with van der Waals surface area (Å²) in [6, 6.07) is 0. The molecule has 1 saturated heterocycles. The molecule has 0 saturated carbocycles. The van der Waals surface area contributed by atoms with Gasteiger partial charge in [-0.25, -0.2) is 19.8 Å².